The van der Waals surface area contributed by atoms with Crippen molar-refractivity contribution in [2.45, 2.75) is 25.7 Å². The SMILES string of the molecule is CCN(C)CCNS(=O)(=O)c1cc(C(=O)O)cc(C)c1C. The second-order valence-electron chi connectivity index (χ2n) is 5.02. The number of aryl methyl sites for hydroxylation is 1. The third kappa shape index (κ3) is 4.52. The van der Waals surface area contributed by atoms with Crippen LogP contribution in [0.5, 0.6) is 0 Å². The highest BCUT2D eigenvalue weighted by molar-refractivity contribution is 7.89. The summed E-state index contributed by atoms with van der Waals surface area (Å²) >= 11 is 0. The van der Waals surface area contributed by atoms with Gasteiger partial charge in [0.05, 0.1) is 10.5 Å². The average Bonchev–Trinajstić information content (AvgIpc) is 2.40. The van der Waals surface area contributed by atoms with Crippen LogP contribution >= 0.6 is 0 Å². The number of rotatable bonds is 7. The molecule has 0 fully saturated rings. The molecule has 0 spiro atoms. The molecule has 0 aromatic heterocycles. The molecule has 0 aliphatic carbocycles. The number of likely N-dealkylation sites (N-methyl/N-ethyl adjacent to an activating group) is 1. The van der Waals surface area contributed by atoms with Crippen LogP contribution in [0.1, 0.15) is 28.4 Å². The van der Waals surface area contributed by atoms with Gasteiger partial charge in [-0.05, 0) is 50.7 Å². The van der Waals surface area contributed by atoms with Crippen molar-refractivity contribution < 1.29 is 18.3 Å². The van der Waals surface area contributed by atoms with Crippen molar-refractivity contribution in [1.82, 2.24) is 9.62 Å². The molecule has 1 aromatic rings. The van der Waals surface area contributed by atoms with E-state index in [0.717, 1.165) is 6.54 Å². The zero-order chi connectivity index (χ0) is 16.2. The van der Waals surface area contributed by atoms with Gasteiger partial charge in [-0.15, -0.1) is 0 Å². The fourth-order valence-electron chi connectivity index (χ4n) is 1.84. The number of aromatic carboxylic acids is 1. The molecule has 118 valence electrons. The molecule has 0 atom stereocenters. The third-order valence-electron chi connectivity index (χ3n) is 3.48. The van der Waals surface area contributed by atoms with Gasteiger partial charge in [-0.2, -0.15) is 0 Å². The molecule has 0 amide bonds. The van der Waals surface area contributed by atoms with Crippen LogP contribution in [0.15, 0.2) is 17.0 Å². The molecule has 0 heterocycles. The molecule has 0 aliphatic rings. The first kappa shape index (κ1) is 17.6. The molecule has 1 rings (SSSR count). The van der Waals surface area contributed by atoms with Crippen molar-refractivity contribution in [2.75, 3.05) is 26.7 Å². The van der Waals surface area contributed by atoms with E-state index in [4.69, 9.17) is 5.11 Å². The van der Waals surface area contributed by atoms with Gasteiger partial charge in [0, 0.05) is 13.1 Å². The molecule has 21 heavy (non-hydrogen) atoms. The normalized spacial score (nSPS) is 11.9. The van der Waals surface area contributed by atoms with E-state index < -0.39 is 16.0 Å². The molecule has 7 heteroatoms. The molecule has 0 saturated heterocycles. The fourth-order valence-corrected chi connectivity index (χ4v) is 3.20. The Morgan fingerprint density at radius 2 is 1.95 bits per heavy atom. The summed E-state index contributed by atoms with van der Waals surface area (Å²) in [6.45, 7) is 7.06. The van der Waals surface area contributed by atoms with E-state index in [9.17, 15) is 13.2 Å². The van der Waals surface area contributed by atoms with E-state index in [1.54, 1.807) is 13.8 Å². The molecule has 0 bridgehead atoms. The number of nitrogens with zero attached hydrogens (tertiary/aromatic N) is 1. The van der Waals surface area contributed by atoms with Gasteiger partial charge in [-0.3, -0.25) is 0 Å². The summed E-state index contributed by atoms with van der Waals surface area (Å²) in [6.07, 6.45) is 0. The quantitative estimate of drug-likeness (QED) is 0.790. The lowest BCUT2D eigenvalue weighted by Crippen LogP contribution is -2.33. The van der Waals surface area contributed by atoms with Gasteiger partial charge >= 0.3 is 5.97 Å². The standard InChI is InChI=1S/C14H22N2O4S/c1-5-16(4)7-6-15-21(19,20)13-9-12(14(17)18)8-10(2)11(13)3/h8-9,15H,5-7H2,1-4H3,(H,17,18). The lowest BCUT2D eigenvalue weighted by molar-refractivity contribution is 0.0696. The lowest BCUT2D eigenvalue weighted by atomic mass is 10.1. The average molecular weight is 314 g/mol. The number of carboxylic acid groups (broad SMARTS) is 1. The second-order valence-corrected chi connectivity index (χ2v) is 6.75. The molecule has 0 saturated carbocycles. The number of carboxylic acids is 1. The van der Waals surface area contributed by atoms with Crippen LogP contribution in [0.25, 0.3) is 0 Å². The first-order valence-electron chi connectivity index (χ1n) is 6.71. The minimum atomic E-state index is -3.71. The number of nitrogens with one attached hydrogen (secondary N) is 1. The molecule has 0 unspecified atom stereocenters. The Bertz CT molecular complexity index is 626. The maximum atomic E-state index is 12.3. The molecule has 0 radical (unpaired) electrons. The summed E-state index contributed by atoms with van der Waals surface area (Å²) in [5.74, 6) is -1.14. The minimum Gasteiger partial charge on any atom is -0.478 e. The highest BCUT2D eigenvalue weighted by Crippen LogP contribution is 2.21. The molecule has 2 N–H and O–H groups in total. The Balaban J connectivity index is 3.05. The highest BCUT2D eigenvalue weighted by Gasteiger charge is 2.20. The molecule has 6 nitrogen and oxygen atoms in total. The Hall–Kier alpha value is -1.44. The van der Waals surface area contributed by atoms with E-state index >= 15 is 0 Å². The van der Waals surface area contributed by atoms with Gasteiger partial charge in [-0.25, -0.2) is 17.9 Å². The van der Waals surface area contributed by atoms with Crippen LogP contribution in [-0.2, 0) is 10.0 Å². The van der Waals surface area contributed by atoms with Crippen molar-refractivity contribution in [3.05, 3.63) is 28.8 Å². The zero-order valence-electron chi connectivity index (χ0n) is 12.8. The van der Waals surface area contributed by atoms with Gasteiger partial charge in [0.15, 0.2) is 0 Å². The van der Waals surface area contributed by atoms with E-state index in [1.165, 1.54) is 12.1 Å². The van der Waals surface area contributed by atoms with Crippen LogP contribution in [-0.4, -0.2) is 51.1 Å². The third-order valence-corrected chi connectivity index (χ3v) is 5.07. The first-order valence-corrected chi connectivity index (χ1v) is 8.20. The number of sulfonamides is 1. The maximum Gasteiger partial charge on any atom is 0.335 e. The lowest BCUT2D eigenvalue weighted by Gasteiger charge is -2.16. The molecule has 0 aliphatic heterocycles. The van der Waals surface area contributed by atoms with Gasteiger partial charge in [-0.1, -0.05) is 6.92 Å². The van der Waals surface area contributed by atoms with Crippen molar-refractivity contribution in [3.8, 4) is 0 Å². The van der Waals surface area contributed by atoms with Crippen LogP contribution in [0.2, 0.25) is 0 Å². The first-order chi connectivity index (χ1) is 9.69. The zero-order valence-corrected chi connectivity index (χ0v) is 13.6. The Morgan fingerprint density at radius 1 is 1.33 bits per heavy atom. The summed E-state index contributed by atoms with van der Waals surface area (Å²) in [7, 11) is -1.82. The van der Waals surface area contributed by atoms with Crippen LogP contribution < -0.4 is 4.72 Å². The predicted molar refractivity (Wildman–Crippen MR) is 81.2 cm³/mol. The van der Waals surface area contributed by atoms with Crippen LogP contribution in [0.4, 0.5) is 0 Å². The van der Waals surface area contributed by atoms with E-state index in [2.05, 4.69) is 4.72 Å². The van der Waals surface area contributed by atoms with Gasteiger partial charge < -0.3 is 10.0 Å². The maximum absolute atomic E-state index is 12.3. The van der Waals surface area contributed by atoms with E-state index in [-0.39, 0.29) is 17.0 Å². The number of carbonyl (C=O) groups is 1. The van der Waals surface area contributed by atoms with Gasteiger partial charge in [0.2, 0.25) is 10.0 Å². The summed E-state index contributed by atoms with van der Waals surface area (Å²) in [5, 5.41) is 9.05. The van der Waals surface area contributed by atoms with Crippen LogP contribution in [0.3, 0.4) is 0 Å². The van der Waals surface area contributed by atoms with Crippen molar-refractivity contribution in [1.29, 1.82) is 0 Å². The van der Waals surface area contributed by atoms with E-state index in [1.807, 2.05) is 18.9 Å². The van der Waals surface area contributed by atoms with Crippen molar-refractivity contribution in [2.24, 2.45) is 0 Å². The topological polar surface area (TPSA) is 86.7 Å². The largest absolute Gasteiger partial charge is 0.478 e. The second kappa shape index (κ2) is 7.02. The summed E-state index contributed by atoms with van der Waals surface area (Å²) in [6, 6.07) is 2.68. The van der Waals surface area contributed by atoms with E-state index in [0.29, 0.717) is 17.7 Å². The fraction of sp³-hybridized carbons (Fsp3) is 0.500. The summed E-state index contributed by atoms with van der Waals surface area (Å²) < 4.78 is 27.2. The minimum absolute atomic E-state index is 0.0239. The number of benzene rings is 1. The van der Waals surface area contributed by atoms with Crippen LogP contribution in [0, 0.1) is 13.8 Å². The van der Waals surface area contributed by atoms with Crippen molar-refractivity contribution in [3.63, 3.8) is 0 Å². The Morgan fingerprint density at radius 3 is 2.48 bits per heavy atom. The molecular formula is C14H22N2O4S. The Labute approximate surface area is 125 Å². The van der Waals surface area contributed by atoms with Gasteiger partial charge in [0.25, 0.3) is 0 Å². The smallest absolute Gasteiger partial charge is 0.335 e. The highest BCUT2D eigenvalue weighted by atomic mass is 32.2. The monoisotopic (exact) mass is 314 g/mol. The molecular weight excluding hydrogens is 292 g/mol. The predicted octanol–water partition coefficient (Wildman–Crippen LogP) is 1.23. The summed E-state index contributed by atoms with van der Waals surface area (Å²) in [4.78, 5) is 13.1. The van der Waals surface area contributed by atoms with Gasteiger partial charge in [0.1, 0.15) is 0 Å². The number of hydrogen-bond acceptors (Lipinski definition) is 4. The number of hydrogen-bond donors (Lipinski definition) is 2. The Kier molecular flexibility index (Phi) is 5.88. The molecule has 1 aromatic carbocycles. The summed E-state index contributed by atoms with van der Waals surface area (Å²) in [5.41, 5.74) is 1.18. The van der Waals surface area contributed by atoms with Crippen molar-refractivity contribution >= 4 is 16.0 Å².